The van der Waals surface area contributed by atoms with E-state index in [1.54, 1.807) is 0 Å². The van der Waals surface area contributed by atoms with Crippen LogP contribution in [0.3, 0.4) is 0 Å². The van der Waals surface area contributed by atoms with E-state index in [4.69, 9.17) is 10.2 Å². The minimum absolute atomic E-state index is 0.264. The lowest BCUT2D eigenvalue weighted by atomic mass is 10.1. The molecule has 0 fully saturated rings. The third-order valence-corrected chi connectivity index (χ3v) is 1.46. The second kappa shape index (κ2) is 6.11. The maximum atomic E-state index is 10.7. The van der Waals surface area contributed by atoms with E-state index in [1.165, 1.54) is 14.2 Å². The Hall–Kier alpha value is -1.40. The Balaban J connectivity index is 5.03. The van der Waals surface area contributed by atoms with Crippen molar-refractivity contribution in [2.24, 2.45) is 0 Å². The van der Waals surface area contributed by atoms with Crippen molar-refractivity contribution in [1.82, 2.24) is 0 Å². The fourth-order valence-corrected chi connectivity index (χ4v) is 0.845. The second-order valence-electron chi connectivity index (χ2n) is 2.43. The molecular weight excluding hydrogens is 192 g/mol. The number of ether oxygens (including phenoxy) is 2. The van der Waals surface area contributed by atoms with E-state index in [-0.39, 0.29) is 24.4 Å². The molecule has 0 saturated heterocycles. The van der Waals surface area contributed by atoms with Crippen LogP contribution in [-0.2, 0) is 19.1 Å². The topological polar surface area (TPSA) is 93.1 Å². The van der Waals surface area contributed by atoms with Crippen LogP contribution in [0.25, 0.3) is 0 Å². The Morgan fingerprint density at radius 2 is 1.21 bits per heavy atom. The Labute approximate surface area is 80.7 Å². The van der Waals surface area contributed by atoms with E-state index in [0.29, 0.717) is 0 Å². The van der Waals surface area contributed by atoms with E-state index in [0.717, 1.165) is 0 Å². The van der Waals surface area contributed by atoms with E-state index in [2.05, 4.69) is 9.47 Å². The quantitative estimate of drug-likeness (QED) is 0.579. The molecule has 0 saturated carbocycles. The van der Waals surface area contributed by atoms with Crippen molar-refractivity contribution in [3.05, 3.63) is 11.1 Å². The molecule has 0 spiro atoms. The molecule has 0 aliphatic heterocycles. The minimum Gasteiger partial charge on any atom is -0.478 e. The van der Waals surface area contributed by atoms with Crippen molar-refractivity contribution in [2.45, 2.75) is 0 Å². The number of carbonyl (C=O) groups is 2. The molecule has 6 nitrogen and oxygen atoms in total. The maximum Gasteiger partial charge on any atom is 0.334 e. The lowest BCUT2D eigenvalue weighted by Crippen LogP contribution is -2.18. The normalized spacial score (nSPS) is 12.1. The summed E-state index contributed by atoms with van der Waals surface area (Å²) in [5.74, 6) is -2.64. The summed E-state index contributed by atoms with van der Waals surface area (Å²) in [6, 6.07) is 0. The van der Waals surface area contributed by atoms with Crippen LogP contribution in [-0.4, -0.2) is 49.6 Å². The van der Waals surface area contributed by atoms with Crippen molar-refractivity contribution in [3.8, 4) is 0 Å². The Morgan fingerprint density at radius 3 is 1.36 bits per heavy atom. The third-order valence-electron chi connectivity index (χ3n) is 1.46. The van der Waals surface area contributed by atoms with Crippen LogP contribution in [0.5, 0.6) is 0 Å². The van der Waals surface area contributed by atoms with Crippen LogP contribution in [0.1, 0.15) is 0 Å². The largest absolute Gasteiger partial charge is 0.478 e. The van der Waals surface area contributed by atoms with Gasteiger partial charge in [-0.3, -0.25) is 0 Å². The molecule has 0 unspecified atom stereocenters. The van der Waals surface area contributed by atoms with E-state index >= 15 is 0 Å². The van der Waals surface area contributed by atoms with Gasteiger partial charge in [0.1, 0.15) is 0 Å². The molecule has 0 aromatic rings. The molecule has 0 radical (unpaired) electrons. The highest BCUT2D eigenvalue weighted by Crippen LogP contribution is 2.06. The molecule has 14 heavy (non-hydrogen) atoms. The van der Waals surface area contributed by atoms with Crippen molar-refractivity contribution >= 4 is 11.9 Å². The van der Waals surface area contributed by atoms with Gasteiger partial charge in [0.2, 0.25) is 0 Å². The van der Waals surface area contributed by atoms with Gasteiger partial charge in [-0.25, -0.2) is 9.59 Å². The van der Waals surface area contributed by atoms with Gasteiger partial charge in [-0.15, -0.1) is 0 Å². The van der Waals surface area contributed by atoms with E-state index < -0.39 is 11.9 Å². The lowest BCUT2D eigenvalue weighted by molar-refractivity contribution is -0.136. The lowest BCUT2D eigenvalue weighted by Gasteiger charge is -2.06. The predicted molar refractivity (Wildman–Crippen MR) is 46.0 cm³/mol. The fraction of sp³-hybridized carbons (Fsp3) is 0.500. The molecule has 0 aliphatic carbocycles. The molecule has 2 N–H and O–H groups in total. The van der Waals surface area contributed by atoms with Crippen LogP contribution in [0.15, 0.2) is 11.1 Å². The summed E-state index contributed by atoms with van der Waals surface area (Å²) in [5, 5.41) is 17.4. The first-order chi connectivity index (χ1) is 6.54. The maximum absolute atomic E-state index is 10.7. The molecular formula is C8H12O6. The highest BCUT2D eigenvalue weighted by Gasteiger charge is 2.19. The van der Waals surface area contributed by atoms with Gasteiger partial charge in [0.15, 0.2) is 0 Å². The molecule has 0 amide bonds. The van der Waals surface area contributed by atoms with Crippen molar-refractivity contribution < 1.29 is 29.3 Å². The average Bonchev–Trinajstić information content (AvgIpc) is 2.10. The summed E-state index contributed by atoms with van der Waals surface area (Å²) in [6.45, 7) is -0.527. The Morgan fingerprint density at radius 1 is 0.929 bits per heavy atom. The minimum atomic E-state index is -1.32. The van der Waals surface area contributed by atoms with Crippen LogP contribution in [0.2, 0.25) is 0 Å². The molecule has 0 heterocycles. The number of hydrogen-bond acceptors (Lipinski definition) is 4. The molecule has 6 heteroatoms. The van der Waals surface area contributed by atoms with Gasteiger partial charge in [0, 0.05) is 14.2 Å². The highest BCUT2D eigenvalue weighted by atomic mass is 16.5. The van der Waals surface area contributed by atoms with Crippen LogP contribution in [0.4, 0.5) is 0 Å². The van der Waals surface area contributed by atoms with Gasteiger partial charge in [0.05, 0.1) is 24.4 Å². The van der Waals surface area contributed by atoms with Crippen LogP contribution < -0.4 is 0 Å². The number of carboxylic acids is 2. The van der Waals surface area contributed by atoms with Gasteiger partial charge in [-0.2, -0.15) is 0 Å². The molecule has 0 aromatic heterocycles. The second-order valence-corrected chi connectivity index (χ2v) is 2.43. The average molecular weight is 204 g/mol. The first-order valence-electron chi connectivity index (χ1n) is 3.71. The highest BCUT2D eigenvalue weighted by molar-refractivity contribution is 5.99. The number of methoxy groups -OCH3 is 2. The first kappa shape index (κ1) is 12.6. The van der Waals surface area contributed by atoms with Crippen molar-refractivity contribution in [2.75, 3.05) is 27.4 Å². The summed E-state index contributed by atoms with van der Waals surface area (Å²) >= 11 is 0. The van der Waals surface area contributed by atoms with Crippen molar-refractivity contribution in [3.63, 3.8) is 0 Å². The van der Waals surface area contributed by atoms with Crippen LogP contribution >= 0.6 is 0 Å². The SMILES string of the molecule is COC/C(C(=O)O)=C(/COC)C(=O)O. The zero-order valence-electron chi connectivity index (χ0n) is 7.94. The van der Waals surface area contributed by atoms with E-state index in [9.17, 15) is 9.59 Å². The van der Waals surface area contributed by atoms with Gasteiger partial charge in [-0.1, -0.05) is 0 Å². The van der Waals surface area contributed by atoms with Gasteiger partial charge >= 0.3 is 11.9 Å². The number of rotatable bonds is 6. The molecule has 0 atom stereocenters. The molecule has 80 valence electrons. The number of carboxylic acid groups (broad SMARTS) is 2. The zero-order valence-corrected chi connectivity index (χ0v) is 7.94. The van der Waals surface area contributed by atoms with Crippen LogP contribution in [0, 0.1) is 0 Å². The molecule has 0 aromatic carbocycles. The van der Waals surface area contributed by atoms with Gasteiger partial charge in [-0.05, 0) is 0 Å². The predicted octanol–water partition coefficient (Wildman–Crippen LogP) is -0.255. The molecule has 0 rings (SSSR count). The van der Waals surface area contributed by atoms with Gasteiger partial charge in [0.25, 0.3) is 0 Å². The summed E-state index contributed by atoms with van der Waals surface area (Å²) in [4.78, 5) is 21.3. The summed E-state index contributed by atoms with van der Waals surface area (Å²) < 4.78 is 9.17. The monoisotopic (exact) mass is 204 g/mol. The smallest absolute Gasteiger partial charge is 0.334 e. The Kier molecular flexibility index (Phi) is 5.50. The first-order valence-corrected chi connectivity index (χ1v) is 3.71. The summed E-state index contributed by atoms with van der Waals surface area (Å²) in [5.41, 5.74) is -0.608. The number of hydrogen-bond donors (Lipinski definition) is 2. The fourth-order valence-electron chi connectivity index (χ4n) is 0.845. The third kappa shape index (κ3) is 3.55. The summed E-state index contributed by atoms with van der Waals surface area (Å²) in [7, 11) is 2.57. The Bertz CT molecular complexity index is 229. The number of aliphatic carboxylic acids is 2. The standard InChI is InChI=1S/C8H12O6/c1-13-3-5(7(9)10)6(4-14-2)8(11)12/h3-4H2,1-2H3,(H,9,10)(H,11,12)/b6-5+. The zero-order chi connectivity index (χ0) is 11.1. The summed E-state index contributed by atoms with van der Waals surface area (Å²) in [6.07, 6.45) is 0. The molecule has 0 bridgehead atoms. The van der Waals surface area contributed by atoms with Gasteiger partial charge < -0.3 is 19.7 Å². The van der Waals surface area contributed by atoms with Crippen molar-refractivity contribution in [1.29, 1.82) is 0 Å². The molecule has 0 aliphatic rings. The van der Waals surface area contributed by atoms with E-state index in [1.807, 2.05) is 0 Å².